The summed E-state index contributed by atoms with van der Waals surface area (Å²) in [5, 5.41) is 2.79. The number of carbonyl (C=O) groups is 2. The van der Waals surface area contributed by atoms with Gasteiger partial charge in [-0.05, 0) is 57.2 Å². The second-order valence-corrected chi connectivity index (χ2v) is 6.55. The van der Waals surface area contributed by atoms with Crippen LogP contribution in [0.3, 0.4) is 0 Å². The summed E-state index contributed by atoms with van der Waals surface area (Å²) in [6, 6.07) is 13.7. The first-order valence-corrected chi connectivity index (χ1v) is 8.17. The van der Waals surface area contributed by atoms with E-state index in [-0.39, 0.29) is 12.5 Å². The molecule has 0 unspecified atom stereocenters. The Kier molecular flexibility index (Phi) is 6.22. The van der Waals surface area contributed by atoms with Gasteiger partial charge in [0.2, 0.25) is 0 Å². The van der Waals surface area contributed by atoms with Gasteiger partial charge in [-0.3, -0.25) is 4.79 Å². The lowest BCUT2D eigenvalue weighted by molar-refractivity contribution is -0.157. The van der Waals surface area contributed by atoms with Gasteiger partial charge in [0.1, 0.15) is 17.1 Å². The fourth-order valence-electron chi connectivity index (χ4n) is 2.16. The van der Waals surface area contributed by atoms with Crippen molar-refractivity contribution in [2.24, 2.45) is 0 Å². The minimum absolute atomic E-state index is 0.190. The summed E-state index contributed by atoms with van der Waals surface area (Å²) in [6.07, 6.45) is 0. The zero-order chi connectivity index (χ0) is 19.2. The lowest BCUT2D eigenvalue weighted by Crippen LogP contribution is -2.27. The Morgan fingerprint density at radius 3 is 2.27 bits per heavy atom. The monoisotopic (exact) mass is 357 g/mol. The summed E-state index contributed by atoms with van der Waals surface area (Å²) in [6.45, 7) is 5.18. The SMILES string of the molecule is COc1ccccc1NC(=O)c1ccc(OCC(=O)OC(C)(C)C)cc1. The van der Waals surface area contributed by atoms with Crippen LogP contribution in [0.5, 0.6) is 11.5 Å². The zero-order valence-electron chi connectivity index (χ0n) is 15.4. The maximum atomic E-state index is 12.3. The summed E-state index contributed by atoms with van der Waals surface area (Å²) in [4.78, 5) is 24.0. The normalized spacial score (nSPS) is 10.8. The van der Waals surface area contributed by atoms with Gasteiger partial charge in [0.15, 0.2) is 6.61 Å². The minimum atomic E-state index is -0.555. The molecule has 2 rings (SSSR count). The number of anilines is 1. The molecule has 6 heteroatoms. The summed E-state index contributed by atoms with van der Waals surface area (Å²) in [5.41, 5.74) is 0.492. The number of methoxy groups -OCH3 is 1. The Bertz CT molecular complexity index is 763. The van der Waals surface area contributed by atoms with Crippen LogP contribution < -0.4 is 14.8 Å². The van der Waals surface area contributed by atoms with Crippen molar-refractivity contribution in [1.29, 1.82) is 0 Å². The first kappa shape index (κ1) is 19.3. The number of para-hydroxylation sites is 2. The van der Waals surface area contributed by atoms with Crippen molar-refractivity contribution in [1.82, 2.24) is 0 Å². The van der Waals surface area contributed by atoms with Crippen molar-refractivity contribution in [2.75, 3.05) is 19.0 Å². The largest absolute Gasteiger partial charge is 0.495 e. The van der Waals surface area contributed by atoms with Crippen LogP contribution in [0.2, 0.25) is 0 Å². The standard InChI is InChI=1S/C20H23NO5/c1-20(2,3)26-18(22)13-25-15-11-9-14(10-12-15)19(23)21-16-7-5-6-8-17(16)24-4/h5-12H,13H2,1-4H3,(H,21,23). The van der Waals surface area contributed by atoms with Gasteiger partial charge in [0, 0.05) is 5.56 Å². The molecular weight excluding hydrogens is 334 g/mol. The lowest BCUT2D eigenvalue weighted by atomic mass is 10.2. The number of benzene rings is 2. The Labute approximate surface area is 153 Å². The molecule has 1 amide bonds. The topological polar surface area (TPSA) is 73.9 Å². The number of ether oxygens (including phenoxy) is 3. The van der Waals surface area contributed by atoms with E-state index >= 15 is 0 Å². The molecule has 0 fully saturated rings. The Balaban J connectivity index is 1.94. The summed E-state index contributed by atoms with van der Waals surface area (Å²) in [5.74, 6) is 0.339. The molecule has 0 atom stereocenters. The van der Waals surface area contributed by atoms with Gasteiger partial charge in [-0.2, -0.15) is 0 Å². The number of rotatable bonds is 6. The van der Waals surface area contributed by atoms with Gasteiger partial charge < -0.3 is 19.5 Å². The molecule has 0 aliphatic heterocycles. The summed E-state index contributed by atoms with van der Waals surface area (Å²) >= 11 is 0. The average molecular weight is 357 g/mol. The Morgan fingerprint density at radius 2 is 1.65 bits per heavy atom. The van der Waals surface area contributed by atoms with Crippen molar-refractivity contribution >= 4 is 17.6 Å². The van der Waals surface area contributed by atoms with E-state index in [1.807, 2.05) is 12.1 Å². The molecule has 6 nitrogen and oxygen atoms in total. The molecule has 0 aliphatic carbocycles. The van der Waals surface area contributed by atoms with Gasteiger partial charge in [-0.25, -0.2) is 4.79 Å². The second-order valence-electron chi connectivity index (χ2n) is 6.55. The van der Waals surface area contributed by atoms with E-state index in [0.29, 0.717) is 22.7 Å². The Morgan fingerprint density at radius 1 is 1.00 bits per heavy atom. The van der Waals surface area contributed by atoms with Crippen LogP contribution in [-0.4, -0.2) is 31.2 Å². The van der Waals surface area contributed by atoms with E-state index in [1.54, 1.807) is 64.3 Å². The maximum Gasteiger partial charge on any atom is 0.344 e. The van der Waals surface area contributed by atoms with Gasteiger partial charge in [-0.15, -0.1) is 0 Å². The predicted molar refractivity (Wildman–Crippen MR) is 98.7 cm³/mol. The average Bonchev–Trinajstić information content (AvgIpc) is 2.59. The third kappa shape index (κ3) is 5.81. The molecule has 0 heterocycles. The smallest absolute Gasteiger partial charge is 0.344 e. The van der Waals surface area contributed by atoms with E-state index in [2.05, 4.69) is 5.32 Å². The number of esters is 1. The molecule has 2 aromatic rings. The van der Waals surface area contributed by atoms with Crippen LogP contribution in [0.25, 0.3) is 0 Å². The van der Waals surface area contributed by atoms with Gasteiger partial charge >= 0.3 is 5.97 Å². The molecule has 0 spiro atoms. The third-order valence-electron chi connectivity index (χ3n) is 3.25. The summed E-state index contributed by atoms with van der Waals surface area (Å²) < 4.78 is 15.8. The van der Waals surface area contributed by atoms with E-state index in [1.165, 1.54) is 0 Å². The first-order chi connectivity index (χ1) is 12.3. The van der Waals surface area contributed by atoms with Gasteiger partial charge in [0.05, 0.1) is 12.8 Å². The van der Waals surface area contributed by atoms with Crippen molar-refractivity contribution in [3.05, 3.63) is 54.1 Å². The highest BCUT2D eigenvalue weighted by molar-refractivity contribution is 6.05. The number of amides is 1. The van der Waals surface area contributed by atoms with Crippen LogP contribution >= 0.6 is 0 Å². The number of hydrogen-bond donors (Lipinski definition) is 1. The first-order valence-electron chi connectivity index (χ1n) is 8.17. The summed E-state index contributed by atoms with van der Waals surface area (Å²) in [7, 11) is 1.54. The van der Waals surface area contributed by atoms with Crippen molar-refractivity contribution in [3.8, 4) is 11.5 Å². The number of carbonyl (C=O) groups excluding carboxylic acids is 2. The quantitative estimate of drug-likeness (QED) is 0.799. The second kappa shape index (κ2) is 8.38. The van der Waals surface area contributed by atoms with Gasteiger partial charge in [-0.1, -0.05) is 12.1 Å². The predicted octanol–water partition coefficient (Wildman–Crippen LogP) is 3.67. The molecule has 0 saturated heterocycles. The van der Waals surface area contributed by atoms with Crippen LogP contribution in [0.15, 0.2) is 48.5 Å². The fraction of sp³-hybridized carbons (Fsp3) is 0.300. The Hall–Kier alpha value is -3.02. The molecule has 0 bridgehead atoms. The number of hydrogen-bond acceptors (Lipinski definition) is 5. The molecule has 138 valence electrons. The maximum absolute atomic E-state index is 12.3. The fourth-order valence-corrected chi connectivity index (χ4v) is 2.16. The number of nitrogens with one attached hydrogen (secondary N) is 1. The highest BCUT2D eigenvalue weighted by Crippen LogP contribution is 2.24. The lowest BCUT2D eigenvalue weighted by Gasteiger charge is -2.19. The van der Waals surface area contributed by atoms with E-state index in [0.717, 1.165) is 0 Å². The molecule has 2 aromatic carbocycles. The molecule has 0 aliphatic rings. The van der Waals surface area contributed by atoms with Crippen LogP contribution in [-0.2, 0) is 9.53 Å². The van der Waals surface area contributed by atoms with Crippen LogP contribution in [0, 0.1) is 0 Å². The highest BCUT2D eigenvalue weighted by Gasteiger charge is 2.16. The van der Waals surface area contributed by atoms with E-state index < -0.39 is 11.6 Å². The molecule has 1 N–H and O–H groups in total. The van der Waals surface area contributed by atoms with Crippen molar-refractivity contribution in [2.45, 2.75) is 26.4 Å². The van der Waals surface area contributed by atoms with Crippen LogP contribution in [0.1, 0.15) is 31.1 Å². The van der Waals surface area contributed by atoms with Crippen molar-refractivity contribution < 1.29 is 23.8 Å². The molecule has 0 saturated carbocycles. The molecule has 26 heavy (non-hydrogen) atoms. The zero-order valence-corrected chi connectivity index (χ0v) is 15.4. The van der Waals surface area contributed by atoms with Gasteiger partial charge in [0.25, 0.3) is 5.91 Å². The molecular formula is C20H23NO5. The minimum Gasteiger partial charge on any atom is -0.495 e. The molecule has 0 radical (unpaired) electrons. The van der Waals surface area contributed by atoms with Crippen LogP contribution in [0.4, 0.5) is 5.69 Å². The van der Waals surface area contributed by atoms with E-state index in [9.17, 15) is 9.59 Å². The molecule has 0 aromatic heterocycles. The van der Waals surface area contributed by atoms with E-state index in [4.69, 9.17) is 14.2 Å². The van der Waals surface area contributed by atoms with Crippen molar-refractivity contribution in [3.63, 3.8) is 0 Å². The highest BCUT2D eigenvalue weighted by atomic mass is 16.6. The third-order valence-corrected chi connectivity index (χ3v) is 3.25.